The monoisotopic (exact) mass is 439 g/mol. The Kier molecular flexibility index (Phi) is 7.73. The summed E-state index contributed by atoms with van der Waals surface area (Å²) in [6.07, 6.45) is 4.83. The zero-order valence-corrected chi connectivity index (χ0v) is 18.6. The molecule has 6 nitrogen and oxygen atoms in total. The summed E-state index contributed by atoms with van der Waals surface area (Å²) < 4.78 is 13.1. The lowest BCUT2D eigenvalue weighted by Crippen LogP contribution is -2.22. The van der Waals surface area contributed by atoms with Gasteiger partial charge in [-0.3, -0.25) is 9.48 Å². The number of methoxy groups -OCH3 is 1. The molecule has 2 aromatic carbocycles. The maximum atomic E-state index is 12.2. The second-order valence-electron chi connectivity index (χ2n) is 6.98. The van der Waals surface area contributed by atoms with Crippen LogP contribution in [0.3, 0.4) is 0 Å². The SMILES string of the molecule is CCn1ncc(Cl)c1CNC(=O)/C=C/c1ccc(OC)c(COc2ccc(C)cc2)c1. The third-order valence-electron chi connectivity index (χ3n) is 4.77. The molecule has 0 unspecified atom stereocenters. The number of rotatable bonds is 9. The highest BCUT2D eigenvalue weighted by atomic mass is 35.5. The minimum Gasteiger partial charge on any atom is -0.496 e. The molecule has 0 aliphatic heterocycles. The standard InChI is InChI=1S/C24H26ClN3O3/c1-4-28-22(21(25)14-27-28)15-26-24(29)12-8-18-7-11-23(30-3)19(13-18)16-31-20-9-5-17(2)6-10-20/h5-14H,4,15-16H2,1-3H3,(H,26,29)/b12-8+. The van der Waals surface area contributed by atoms with Crippen LogP contribution in [0, 0.1) is 6.92 Å². The zero-order chi connectivity index (χ0) is 22.2. The summed E-state index contributed by atoms with van der Waals surface area (Å²) in [5.74, 6) is 1.31. The topological polar surface area (TPSA) is 65.4 Å². The van der Waals surface area contributed by atoms with Crippen molar-refractivity contribution in [2.24, 2.45) is 0 Å². The third kappa shape index (κ3) is 6.12. The number of ether oxygens (including phenoxy) is 2. The molecular weight excluding hydrogens is 414 g/mol. The molecule has 0 aliphatic carbocycles. The van der Waals surface area contributed by atoms with Crippen molar-refractivity contribution in [2.75, 3.05) is 7.11 Å². The number of nitrogens with one attached hydrogen (secondary N) is 1. The third-order valence-corrected chi connectivity index (χ3v) is 5.09. The van der Waals surface area contributed by atoms with Crippen LogP contribution in [0.2, 0.25) is 5.02 Å². The van der Waals surface area contributed by atoms with Gasteiger partial charge in [0.1, 0.15) is 18.1 Å². The van der Waals surface area contributed by atoms with E-state index >= 15 is 0 Å². The normalized spacial score (nSPS) is 11.0. The molecule has 3 aromatic rings. The second-order valence-corrected chi connectivity index (χ2v) is 7.39. The van der Waals surface area contributed by atoms with Gasteiger partial charge >= 0.3 is 0 Å². The Bertz CT molecular complexity index is 1060. The van der Waals surface area contributed by atoms with Crippen LogP contribution < -0.4 is 14.8 Å². The molecule has 1 aromatic heterocycles. The molecule has 162 valence electrons. The number of carbonyl (C=O) groups excluding carboxylic acids is 1. The number of carbonyl (C=O) groups is 1. The lowest BCUT2D eigenvalue weighted by Gasteiger charge is -2.11. The quantitative estimate of drug-likeness (QED) is 0.487. The van der Waals surface area contributed by atoms with Crippen LogP contribution in [-0.4, -0.2) is 22.8 Å². The van der Waals surface area contributed by atoms with Crippen LogP contribution in [0.5, 0.6) is 11.5 Å². The number of nitrogens with zero attached hydrogens (tertiary/aromatic N) is 2. The van der Waals surface area contributed by atoms with E-state index in [1.807, 2.05) is 56.3 Å². The lowest BCUT2D eigenvalue weighted by atomic mass is 10.1. The highest BCUT2D eigenvalue weighted by molar-refractivity contribution is 6.31. The number of benzene rings is 2. The van der Waals surface area contributed by atoms with Crippen LogP contribution in [0.25, 0.3) is 6.08 Å². The van der Waals surface area contributed by atoms with Crippen molar-refractivity contribution in [3.8, 4) is 11.5 Å². The van der Waals surface area contributed by atoms with Gasteiger partial charge in [0.25, 0.3) is 0 Å². The minimum absolute atomic E-state index is 0.215. The molecule has 1 amide bonds. The molecule has 0 bridgehead atoms. The van der Waals surface area contributed by atoms with Crippen LogP contribution in [0.1, 0.15) is 29.3 Å². The second kappa shape index (κ2) is 10.7. The minimum atomic E-state index is -0.215. The molecule has 0 spiro atoms. The molecule has 7 heteroatoms. The maximum absolute atomic E-state index is 12.2. The summed E-state index contributed by atoms with van der Waals surface area (Å²) in [6.45, 7) is 5.37. The van der Waals surface area contributed by atoms with E-state index in [1.54, 1.807) is 24.1 Å². The lowest BCUT2D eigenvalue weighted by molar-refractivity contribution is -0.116. The molecule has 3 rings (SSSR count). The van der Waals surface area contributed by atoms with Crippen molar-refractivity contribution >= 4 is 23.6 Å². The Morgan fingerprint density at radius 3 is 2.71 bits per heavy atom. The van der Waals surface area contributed by atoms with E-state index in [0.717, 1.165) is 28.3 Å². The molecule has 0 atom stereocenters. The number of hydrogen-bond acceptors (Lipinski definition) is 4. The van der Waals surface area contributed by atoms with Crippen molar-refractivity contribution in [2.45, 2.75) is 33.5 Å². The summed E-state index contributed by atoms with van der Waals surface area (Å²) in [6, 6.07) is 13.6. The predicted octanol–water partition coefficient (Wildman–Crippen LogP) is 4.78. The summed E-state index contributed by atoms with van der Waals surface area (Å²) in [5.41, 5.74) is 3.72. The zero-order valence-electron chi connectivity index (χ0n) is 17.9. The van der Waals surface area contributed by atoms with E-state index in [-0.39, 0.29) is 5.91 Å². The van der Waals surface area contributed by atoms with Gasteiger partial charge in [0.05, 0.1) is 30.6 Å². The number of hydrogen-bond donors (Lipinski definition) is 1. The van der Waals surface area contributed by atoms with Gasteiger partial charge in [-0.15, -0.1) is 0 Å². The first-order valence-electron chi connectivity index (χ1n) is 10.0. The molecule has 0 radical (unpaired) electrons. The Morgan fingerprint density at radius 2 is 2.00 bits per heavy atom. The molecule has 1 N–H and O–H groups in total. The fourth-order valence-corrected chi connectivity index (χ4v) is 3.26. The van der Waals surface area contributed by atoms with Gasteiger partial charge in [0, 0.05) is 18.2 Å². The van der Waals surface area contributed by atoms with E-state index in [2.05, 4.69) is 10.4 Å². The predicted molar refractivity (Wildman–Crippen MR) is 122 cm³/mol. The first-order chi connectivity index (χ1) is 15.0. The first-order valence-corrected chi connectivity index (χ1v) is 10.4. The average Bonchev–Trinajstić information content (AvgIpc) is 3.15. The molecule has 0 saturated heterocycles. The van der Waals surface area contributed by atoms with Crippen LogP contribution >= 0.6 is 11.6 Å². The van der Waals surface area contributed by atoms with Crippen LogP contribution in [0.15, 0.2) is 54.7 Å². The van der Waals surface area contributed by atoms with Crippen molar-refractivity contribution in [1.29, 1.82) is 0 Å². The average molecular weight is 440 g/mol. The molecule has 0 aliphatic rings. The highest BCUT2D eigenvalue weighted by Gasteiger charge is 2.09. The Balaban J connectivity index is 1.63. The van der Waals surface area contributed by atoms with Crippen LogP contribution in [-0.2, 0) is 24.5 Å². The summed E-state index contributed by atoms with van der Waals surface area (Å²) >= 11 is 6.13. The molecule has 31 heavy (non-hydrogen) atoms. The first kappa shape index (κ1) is 22.4. The van der Waals surface area contributed by atoms with E-state index in [0.29, 0.717) is 24.7 Å². The fourth-order valence-electron chi connectivity index (χ4n) is 3.05. The van der Waals surface area contributed by atoms with Crippen molar-refractivity contribution in [3.63, 3.8) is 0 Å². The summed E-state index contributed by atoms with van der Waals surface area (Å²) in [5, 5.41) is 7.55. The fraction of sp³-hybridized carbons (Fsp3) is 0.250. The Morgan fingerprint density at radius 1 is 1.23 bits per heavy atom. The van der Waals surface area contributed by atoms with Gasteiger partial charge < -0.3 is 14.8 Å². The van der Waals surface area contributed by atoms with Gasteiger partial charge in [-0.25, -0.2) is 0 Å². The van der Waals surface area contributed by atoms with E-state index < -0.39 is 0 Å². The van der Waals surface area contributed by atoms with Crippen molar-refractivity contribution in [1.82, 2.24) is 15.1 Å². The van der Waals surface area contributed by atoms with Crippen molar-refractivity contribution in [3.05, 3.63) is 82.1 Å². The Hall–Kier alpha value is -3.25. The Labute approximate surface area is 187 Å². The van der Waals surface area contributed by atoms with Crippen molar-refractivity contribution < 1.29 is 14.3 Å². The van der Waals surface area contributed by atoms with Gasteiger partial charge in [-0.2, -0.15) is 5.10 Å². The van der Waals surface area contributed by atoms with Gasteiger partial charge in [0.15, 0.2) is 0 Å². The van der Waals surface area contributed by atoms with Gasteiger partial charge in [0.2, 0.25) is 5.91 Å². The van der Waals surface area contributed by atoms with Crippen LogP contribution in [0.4, 0.5) is 0 Å². The molecule has 1 heterocycles. The number of halogens is 1. The largest absolute Gasteiger partial charge is 0.496 e. The number of aryl methyl sites for hydroxylation is 2. The molecule has 0 saturated carbocycles. The highest BCUT2D eigenvalue weighted by Crippen LogP contribution is 2.23. The van der Waals surface area contributed by atoms with E-state index in [9.17, 15) is 4.79 Å². The van der Waals surface area contributed by atoms with Gasteiger partial charge in [-0.05, 0) is 49.8 Å². The molecular formula is C24H26ClN3O3. The van der Waals surface area contributed by atoms with Gasteiger partial charge in [-0.1, -0.05) is 35.4 Å². The number of amides is 1. The molecule has 0 fully saturated rings. The smallest absolute Gasteiger partial charge is 0.244 e. The summed E-state index contributed by atoms with van der Waals surface area (Å²) in [7, 11) is 1.62. The maximum Gasteiger partial charge on any atom is 0.244 e. The van der Waals surface area contributed by atoms with E-state index in [4.69, 9.17) is 21.1 Å². The summed E-state index contributed by atoms with van der Waals surface area (Å²) in [4.78, 5) is 12.2. The van der Waals surface area contributed by atoms with E-state index in [1.165, 1.54) is 11.6 Å². The number of aromatic nitrogens is 2.